The topological polar surface area (TPSA) is 55.0 Å². The Morgan fingerprint density at radius 2 is 2.14 bits per heavy atom. The van der Waals surface area contributed by atoms with Gasteiger partial charge in [0.05, 0.1) is 6.54 Å². The van der Waals surface area contributed by atoms with E-state index in [4.69, 9.17) is 5.73 Å². The summed E-state index contributed by atoms with van der Waals surface area (Å²) in [4.78, 5) is 2.43. The van der Waals surface area contributed by atoms with E-state index in [9.17, 15) is 0 Å². The first-order valence-corrected chi connectivity index (χ1v) is 5.86. The zero-order valence-corrected chi connectivity index (χ0v) is 9.26. The first kappa shape index (κ1) is 9.86. The van der Waals surface area contributed by atoms with E-state index in [1.54, 1.807) is 0 Å². The van der Waals surface area contributed by atoms with E-state index >= 15 is 0 Å². The van der Waals surface area contributed by atoms with Gasteiger partial charge in [-0.15, -0.1) is 10.2 Å². The van der Waals surface area contributed by atoms with Crippen LogP contribution in [0.1, 0.15) is 24.8 Å². The summed E-state index contributed by atoms with van der Waals surface area (Å²) in [6.45, 7) is 5.60. The highest BCUT2D eigenvalue weighted by Gasteiger charge is 2.16. The molecule has 0 unspecified atom stereocenters. The molecule has 0 saturated carbocycles. The Morgan fingerprint density at radius 3 is 2.71 bits per heavy atom. The van der Waals surface area contributed by atoms with Gasteiger partial charge in [-0.3, -0.25) is 4.90 Å². The number of aromatic nitrogens is 2. The molecule has 2 N–H and O–H groups in total. The summed E-state index contributed by atoms with van der Waals surface area (Å²) < 4.78 is 0. The smallest absolute Gasteiger partial charge is 0.203 e. The van der Waals surface area contributed by atoms with Gasteiger partial charge in [0, 0.05) is 0 Å². The fraction of sp³-hybridized carbons (Fsp3) is 0.778. The number of piperidine rings is 1. The van der Waals surface area contributed by atoms with Gasteiger partial charge in [-0.1, -0.05) is 18.3 Å². The van der Waals surface area contributed by atoms with Crippen LogP contribution in [0, 0.1) is 5.92 Å². The van der Waals surface area contributed by atoms with Gasteiger partial charge in [0.1, 0.15) is 5.01 Å². The van der Waals surface area contributed by atoms with Crippen molar-refractivity contribution in [1.82, 2.24) is 15.1 Å². The molecule has 0 amide bonds. The zero-order chi connectivity index (χ0) is 9.97. The van der Waals surface area contributed by atoms with Crippen molar-refractivity contribution in [3.8, 4) is 0 Å². The lowest BCUT2D eigenvalue weighted by molar-refractivity contribution is 0.185. The molecular formula is C9H16N4S. The lowest BCUT2D eigenvalue weighted by Gasteiger charge is -2.29. The maximum atomic E-state index is 5.53. The third kappa shape index (κ3) is 2.42. The molecule has 14 heavy (non-hydrogen) atoms. The number of nitrogen functional groups attached to an aromatic ring is 1. The highest BCUT2D eigenvalue weighted by molar-refractivity contribution is 7.15. The third-order valence-corrected chi connectivity index (χ3v) is 3.45. The van der Waals surface area contributed by atoms with Gasteiger partial charge in [-0.05, 0) is 31.8 Å². The highest BCUT2D eigenvalue weighted by atomic mass is 32.1. The number of rotatable bonds is 2. The number of hydrogen-bond acceptors (Lipinski definition) is 5. The van der Waals surface area contributed by atoms with Crippen LogP contribution in [-0.4, -0.2) is 28.2 Å². The molecule has 4 nitrogen and oxygen atoms in total. The number of nitrogens with zero attached hydrogens (tertiary/aromatic N) is 3. The van der Waals surface area contributed by atoms with E-state index in [-0.39, 0.29) is 0 Å². The lowest BCUT2D eigenvalue weighted by atomic mass is 9.99. The fourth-order valence-corrected chi connectivity index (χ4v) is 2.39. The van der Waals surface area contributed by atoms with Crippen molar-refractivity contribution in [2.75, 3.05) is 18.8 Å². The van der Waals surface area contributed by atoms with Crippen molar-refractivity contribution in [3.63, 3.8) is 0 Å². The van der Waals surface area contributed by atoms with Gasteiger partial charge in [-0.2, -0.15) is 0 Å². The number of hydrogen-bond donors (Lipinski definition) is 1. The second-order valence-corrected chi connectivity index (χ2v) is 5.09. The second kappa shape index (κ2) is 4.23. The Hall–Kier alpha value is -0.680. The summed E-state index contributed by atoms with van der Waals surface area (Å²) in [6.07, 6.45) is 2.60. The molecule has 1 aromatic heterocycles. The molecule has 2 heterocycles. The minimum Gasteiger partial charge on any atom is -0.374 e. The molecule has 0 aliphatic carbocycles. The monoisotopic (exact) mass is 212 g/mol. The first-order valence-electron chi connectivity index (χ1n) is 5.04. The molecule has 0 radical (unpaired) electrons. The predicted octanol–water partition coefficient (Wildman–Crippen LogP) is 1.35. The van der Waals surface area contributed by atoms with Crippen molar-refractivity contribution in [2.24, 2.45) is 5.92 Å². The van der Waals surface area contributed by atoms with Crippen LogP contribution in [0.3, 0.4) is 0 Å². The summed E-state index contributed by atoms with van der Waals surface area (Å²) in [6, 6.07) is 0. The molecule has 2 rings (SSSR count). The molecule has 1 fully saturated rings. The minimum atomic E-state index is 0.574. The highest BCUT2D eigenvalue weighted by Crippen LogP contribution is 2.19. The maximum Gasteiger partial charge on any atom is 0.203 e. The Labute approximate surface area is 88.1 Å². The molecule has 5 heteroatoms. The molecular weight excluding hydrogens is 196 g/mol. The van der Waals surface area contributed by atoms with E-state index < -0.39 is 0 Å². The van der Waals surface area contributed by atoms with Gasteiger partial charge < -0.3 is 5.73 Å². The maximum absolute atomic E-state index is 5.53. The SMILES string of the molecule is CC1CCN(Cc2nnc(N)s2)CC1. The Bertz CT molecular complexity index is 291. The van der Waals surface area contributed by atoms with Crippen LogP contribution >= 0.6 is 11.3 Å². The van der Waals surface area contributed by atoms with E-state index in [2.05, 4.69) is 22.0 Å². The van der Waals surface area contributed by atoms with E-state index in [0.29, 0.717) is 5.13 Å². The molecule has 0 spiro atoms. The summed E-state index contributed by atoms with van der Waals surface area (Å²) in [5, 5.41) is 9.46. The van der Waals surface area contributed by atoms with Crippen molar-refractivity contribution >= 4 is 16.5 Å². The summed E-state index contributed by atoms with van der Waals surface area (Å²) in [5.41, 5.74) is 5.53. The van der Waals surface area contributed by atoms with Gasteiger partial charge in [-0.25, -0.2) is 0 Å². The standard InChI is InChI=1S/C9H16N4S/c1-7-2-4-13(5-3-7)6-8-11-12-9(10)14-8/h7H,2-6H2,1H3,(H2,10,12). The van der Waals surface area contributed by atoms with Crippen LogP contribution in [0.5, 0.6) is 0 Å². The van der Waals surface area contributed by atoms with Crippen molar-refractivity contribution in [3.05, 3.63) is 5.01 Å². The number of likely N-dealkylation sites (tertiary alicyclic amines) is 1. The largest absolute Gasteiger partial charge is 0.374 e. The Balaban J connectivity index is 1.86. The van der Waals surface area contributed by atoms with Crippen molar-refractivity contribution in [2.45, 2.75) is 26.3 Å². The van der Waals surface area contributed by atoms with Crippen LogP contribution in [0.2, 0.25) is 0 Å². The van der Waals surface area contributed by atoms with Crippen LogP contribution in [0.25, 0.3) is 0 Å². The summed E-state index contributed by atoms with van der Waals surface area (Å²) >= 11 is 1.50. The van der Waals surface area contributed by atoms with Gasteiger partial charge in [0.2, 0.25) is 5.13 Å². The van der Waals surface area contributed by atoms with Crippen molar-refractivity contribution < 1.29 is 0 Å². The van der Waals surface area contributed by atoms with E-state index in [1.807, 2.05) is 0 Å². The molecule has 1 aliphatic heterocycles. The minimum absolute atomic E-state index is 0.574. The third-order valence-electron chi connectivity index (χ3n) is 2.72. The molecule has 0 aromatic carbocycles. The van der Waals surface area contributed by atoms with E-state index in [1.165, 1.54) is 37.3 Å². The summed E-state index contributed by atoms with van der Waals surface area (Å²) in [5.74, 6) is 0.880. The Morgan fingerprint density at radius 1 is 1.43 bits per heavy atom. The average Bonchev–Trinajstić information content (AvgIpc) is 2.56. The van der Waals surface area contributed by atoms with Crippen molar-refractivity contribution in [1.29, 1.82) is 0 Å². The zero-order valence-electron chi connectivity index (χ0n) is 8.44. The molecule has 0 bridgehead atoms. The van der Waals surface area contributed by atoms with Gasteiger partial charge in [0.15, 0.2) is 0 Å². The first-order chi connectivity index (χ1) is 6.74. The number of nitrogens with two attached hydrogens (primary N) is 1. The van der Waals surface area contributed by atoms with Crippen LogP contribution in [0.15, 0.2) is 0 Å². The second-order valence-electron chi connectivity index (χ2n) is 3.99. The molecule has 1 aliphatic rings. The fourth-order valence-electron chi connectivity index (χ4n) is 1.74. The molecule has 0 atom stereocenters. The quantitative estimate of drug-likeness (QED) is 0.804. The van der Waals surface area contributed by atoms with Gasteiger partial charge in [0.25, 0.3) is 0 Å². The summed E-state index contributed by atoms with van der Waals surface area (Å²) in [7, 11) is 0. The van der Waals surface area contributed by atoms with Crippen LogP contribution < -0.4 is 5.73 Å². The van der Waals surface area contributed by atoms with E-state index in [0.717, 1.165) is 17.5 Å². The molecule has 78 valence electrons. The Kier molecular flexibility index (Phi) is 2.98. The molecule has 1 saturated heterocycles. The number of anilines is 1. The normalized spacial score (nSPS) is 20.1. The van der Waals surface area contributed by atoms with Crippen LogP contribution in [-0.2, 0) is 6.54 Å². The molecule has 1 aromatic rings. The van der Waals surface area contributed by atoms with Crippen LogP contribution in [0.4, 0.5) is 5.13 Å². The predicted molar refractivity (Wildman–Crippen MR) is 58.0 cm³/mol. The average molecular weight is 212 g/mol. The lowest BCUT2D eigenvalue weighted by Crippen LogP contribution is -2.32. The van der Waals surface area contributed by atoms with Gasteiger partial charge >= 0.3 is 0 Å².